The SMILES string of the molecule is NC(=O)CC(N)C(=O)Nc1cccc2cnccc12. The molecule has 0 radical (unpaired) electrons. The Hall–Kier alpha value is -2.47. The highest BCUT2D eigenvalue weighted by atomic mass is 16.2. The molecule has 2 amide bonds. The van der Waals surface area contributed by atoms with E-state index >= 15 is 0 Å². The molecule has 0 aliphatic carbocycles. The van der Waals surface area contributed by atoms with E-state index in [1.807, 2.05) is 6.07 Å². The van der Waals surface area contributed by atoms with Gasteiger partial charge in [0, 0.05) is 28.9 Å². The van der Waals surface area contributed by atoms with Crippen LogP contribution in [0.15, 0.2) is 36.7 Å². The van der Waals surface area contributed by atoms with Crippen molar-refractivity contribution in [3.05, 3.63) is 36.7 Å². The van der Waals surface area contributed by atoms with E-state index in [1.54, 1.807) is 30.6 Å². The van der Waals surface area contributed by atoms with Gasteiger partial charge in [0.2, 0.25) is 11.8 Å². The summed E-state index contributed by atoms with van der Waals surface area (Å²) in [6, 6.07) is 6.30. The van der Waals surface area contributed by atoms with E-state index < -0.39 is 17.9 Å². The van der Waals surface area contributed by atoms with E-state index in [2.05, 4.69) is 10.3 Å². The first-order valence-corrected chi connectivity index (χ1v) is 5.75. The van der Waals surface area contributed by atoms with Crippen molar-refractivity contribution in [2.45, 2.75) is 12.5 Å². The van der Waals surface area contributed by atoms with Crippen molar-refractivity contribution in [3.63, 3.8) is 0 Å². The van der Waals surface area contributed by atoms with Gasteiger partial charge in [0.25, 0.3) is 0 Å². The lowest BCUT2D eigenvalue weighted by Crippen LogP contribution is -2.39. The maximum Gasteiger partial charge on any atom is 0.241 e. The lowest BCUT2D eigenvalue weighted by atomic mass is 10.1. The summed E-state index contributed by atoms with van der Waals surface area (Å²) in [7, 11) is 0. The Morgan fingerprint density at radius 2 is 2.11 bits per heavy atom. The summed E-state index contributed by atoms with van der Waals surface area (Å²) in [5, 5.41) is 4.46. The van der Waals surface area contributed by atoms with Crippen LogP contribution < -0.4 is 16.8 Å². The average Bonchev–Trinajstić information content (AvgIpc) is 2.38. The fourth-order valence-electron chi connectivity index (χ4n) is 1.77. The van der Waals surface area contributed by atoms with E-state index in [1.165, 1.54) is 0 Å². The maximum atomic E-state index is 11.8. The number of amides is 2. The Kier molecular flexibility index (Phi) is 3.72. The first-order valence-electron chi connectivity index (χ1n) is 5.75. The summed E-state index contributed by atoms with van der Waals surface area (Å²) in [6.07, 6.45) is 3.16. The summed E-state index contributed by atoms with van der Waals surface area (Å²) in [6.45, 7) is 0. The van der Waals surface area contributed by atoms with Gasteiger partial charge in [-0.05, 0) is 12.1 Å². The largest absolute Gasteiger partial charge is 0.370 e. The van der Waals surface area contributed by atoms with Crippen molar-refractivity contribution < 1.29 is 9.59 Å². The summed E-state index contributed by atoms with van der Waals surface area (Å²) >= 11 is 0. The number of nitrogens with one attached hydrogen (secondary N) is 1. The molecule has 19 heavy (non-hydrogen) atoms. The van der Waals surface area contributed by atoms with Gasteiger partial charge in [-0.3, -0.25) is 14.6 Å². The van der Waals surface area contributed by atoms with Gasteiger partial charge in [-0.1, -0.05) is 12.1 Å². The Labute approximate surface area is 109 Å². The zero-order chi connectivity index (χ0) is 13.8. The van der Waals surface area contributed by atoms with Gasteiger partial charge in [0.05, 0.1) is 12.5 Å². The van der Waals surface area contributed by atoms with Crippen LogP contribution in [0.25, 0.3) is 10.8 Å². The first kappa shape index (κ1) is 13.0. The minimum absolute atomic E-state index is 0.182. The van der Waals surface area contributed by atoms with Crippen molar-refractivity contribution in [2.24, 2.45) is 11.5 Å². The predicted octanol–water partition coefficient (Wildman–Crippen LogP) is 0.376. The molecule has 0 saturated carbocycles. The molecule has 6 heteroatoms. The van der Waals surface area contributed by atoms with Gasteiger partial charge < -0.3 is 16.8 Å². The lowest BCUT2D eigenvalue weighted by Gasteiger charge is -2.12. The number of nitrogens with zero attached hydrogens (tertiary/aromatic N) is 1. The zero-order valence-corrected chi connectivity index (χ0v) is 10.2. The molecular formula is C13H14N4O2. The number of carbonyl (C=O) groups is 2. The minimum atomic E-state index is -0.949. The molecule has 0 saturated heterocycles. The quantitative estimate of drug-likeness (QED) is 0.735. The smallest absolute Gasteiger partial charge is 0.241 e. The number of anilines is 1. The third-order valence-electron chi connectivity index (χ3n) is 2.70. The fourth-order valence-corrected chi connectivity index (χ4v) is 1.77. The first-order chi connectivity index (χ1) is 9.08. The lowest BCUT2D eigenvalue weighted by molar-refractivity contribution is -0.123. The normalized spacial score (nSPS) is 12.1. The number of pyridine rings is 1. The molecule has 1 heterocycles. The van der Waals surface area contributed by atoms with Crippen LogP contribution in [0, 0.1) is 0 Å². The van der Waals surface area contributed by atoms with Gasteiger partial charge in [0.15, 0.2) is 0 Å². The van der Waals surface area contributed by atoms with E-state index in [0.717, 1.165) is 10.8 Å². The van der Waals surface area contributed by atoms with Crippen molar-refractivity contribution >= 4 is 28.3 Å². The summed E-state index contributed by atoms with van der Waals surface area (Å²) < 4.78 is 0. The summed E-state index contributed by atoms with van der Waals surface area (Å²) in [5.74, 6) is -1.05. The molecule has 2 rings (SSSR count). The second-order valence-corrected chi connectivity index (χ2v) is 4.17. The minimum Gasteiger partial charge on any atom is -0.370 e. The average molecular weight is 258 g/mol. The third-order valence-corrected chi connectivity index (χ3v) is 2.70. The number of fused-ring (bicyclic) bond motifs is 1. The number of carbonyl (C=O) groups excluding carboxylic acids is 2. The van der Waals surface area contributed by atoms with Gasteiger partial charge in [-0.2, -0.15) is 0 Å². The van der Waals surface area contributed by atoms with Gasteiger partial charge in [-0.15, -0.1) is 0 Å². The van der Waals surface area contributed by atoms with E-state index in [4.69, 9.17) is 11.5 Å². The van der Waals surface area contributed by atoms with Crippen LogP contribution in [0.1, 0.15) is 6.42 Å². The second-order valence-electron chi connectivity index (χ2n) is 4.17. The van der Waals surface area contributed by atoms with Crippen LogP contribution in [0.3, 0.4) is 0 Å². The number of hydrogen-bond acceptors (Lipinski definition) is 4. The topological polar surface area (TPSA) is 111 Å². The molecule has 5 N–H and O–H groups in total. The van der Waals surface area contributed by atoms with Gasteiger partial charge in [-0.25, -0.2) is 0 Å². The van der Waals surface area contributed by atoms with E-state index in [0.29, 0.717) is 5.69 Å². The number of primary amides is 1. The molecule has 0 fully saturated rings. The second kappa shape index (κ2) is 5.45. The summed E-state index contributed by atoms with van der Waals surface area (Å²) in [4.78, 5) is 26.6. The highest BCUT2D eigenvalue weighted by molar-refractivity contribution is 6.04. The molecule has 1 aromatic carbocycles. The van der Waals surface area contributed by atoms with Crippen LogP contribution in [-0.2, 0) is 9.59 Å². The molecule has 0 aliphatic rings. The Bertz CT molecular complexity index is 622. The predicted molar refractivity (Wildman–Crippen MR) is 72.2 cm³/mol. The van der Waals surface area contributed by atoms with Crippen LogP contribution in [0.4, 0.5) is 5.69 Å². The maximum absolute atomic E-state index is 11.8. The van der Waals surface area contributed by atoms with Crippen molar-refractivity contribution in [1.82, 2.24) is 4.98 Å². The number of nitrogens with two attached hydrogens (primary N) is 2. The van der Waals surface area contributed by atoms with Crippen molar-refractivity contribution in [3.8, 4) is 0 Å². The number of aromatic nitrogens is 1. The Morgan fingerprint density at radius 1 is 1.32 bits per heavy atom. The highest BCUT2D eigenvalue weighted by Gasteiger charge is 2.16. The molecule has 0 aliphatic heterocycles. The standard InChI is InChI=1S/C13H14N4O2/c14-10(6-12(15)18)13(19)17-11-3-1-2-8-7-16-5-4-9(8)11/h1-5,7,10H,6,14H2,(H2,15,18)(H,17,19). The Morgan fingerprint density at radius 3 is 2.84 bits per heavy atom. The van der Waals surface area contributed by atoms with Crippen molar-refractivity contribution in [2.75, 3.05) is 5.32 Å². The number of benzene rings is 1. The molecule has 2 aromatic rings. The molecular weight excluding hydrogens is 244 g/mol. The molecule has 6 nitrogen and oxygen atoms in total. The fraction of sp³-hybridized carbons (Fsp3) is 0.154. The van der Waals surface area contributed by atoms with Gasteiger partial charge in [0.1, 0.15) is 0 Å². The number of rotatable bonds is 4. The van der Waals surface area contributed by atoms with E-state index in [9.17, 15) is 9.59 Å². The molecule has 0 bridgehead atoms. The Balaban J connectivity index is 2.22. The summed E-state index contributed by atoms with van der Waals surface area (Å²) in [5.41, 5.74) is 11.2. The zero-order valence-electron chi connectivity index (χ0n) is 10.2. The molecule has 98 valence electrons. The van der Waals surface area contributed by atoms with Crippen molar-refractivity contribution in [1.29, 1.82) is 0 Å². The van der Waals surface area contributed by atoms with Crippen LogP contribution >= 0.6 is 0 Å². The monoisotopic (exact) mass is 258 g/mol. The van der Waals surface area contributed by atoms with E-state index in [-0.39, 0.29) is 6.42 Å². The molecule has 0 spiro atoms. The van der Waals surface area contributed by atoms with Gasteiger partial charge >= 0.3 is 0 Å². The van der Waals surface area contributed by atoms with Crippen LogP contribution in [0.5, 0.6) is 0 Å². The molecule has 1 aromatic heterocycles. The molecule has 1 unspecified atom stereocenters. The highest BCUT2D eigenvalue weighted by Crippen LogP contribution is 2.22. The van der Waals surface area contributed by atoms with Crippen LogP contribution in [-0.4, -0.2) is 22.8 Å². The molecule has 1 atom stereocenters. The number of hydrogen-bond donors (Lipinski definition) is 3. The third kappa shape index (κ3) is 3.05. The van der Waals surface area contributed by atoms with Crippen LogP contribution in [0.2, 0.25) is 0 Å².